The first-order chi connectivity index (χ1) is 10.9. The molecular formula is C16H20N4O3. The molecule has 0 fully saturated rings. The second-order valence-electron chi connectivity index (χ2n) is 5.40. The Morgan fingerprint density at radius 3 is 2.61 bits per heavy atom. The van der Waals surface area contributed by atoms with Crippen LogP contribution in [0.1, 0.15) is 47.2 Å². The van der Waals surface area contributed by atoms with E-state index in [0.717, 1.165) is 23.2 Å². The molecule has 1 amide bonds. The summed E-state index contributed by atoms with van der Waals surface area (Å²) in [7, 11) is 0. The van der Waals surface area contributed by atoms with Crippen LogP contribution in [0.15, 0.2) is 18.2 Å². The van der Waals surface area contributed by atoms with Gasteiger partial charge in [-0.3, -0.25) is 4.79 Å². The number of aromatic nitrogens is 3. The minimum absolute atomic E-state index is 0.144. The molecule has 1 atom stereocenters. The fraction of sp³-hybridized carbons (Fsp3) is 0.375. The van der Waals surface area contributed by atoms with Gasteiger partial charge in [-0.15, -0.1) is 5.10 Å². The number of para-hydroxylation sites is 1. The topological polar surface area (TPSA) is 97.1 Å². The normalized spacial score (nSPS) is 12.0. The fourth-order valence-electron chi connectivity index (χ4n) is 2.45. The Balaban J connectivity index is 2.26. The summed E-state index contributed by atoms with van der Waals surface area (Å²) in [6, 6.07) is 5.19. The van der Waals surface area contributed by atoms with Crippen molar-refractivity contribution in [1.29, 1.82) is 0 Å². The Kier molecular flexibility index (Phi) is 4.78. The Hall–Kier alpha value is -2.70. The number of nitrogens with zero attached hydrogens (tertiary/aromatic N) is 3. The number of nitrogens with one attached hydrogen (secondary N) is 1. The molecule has 2 rings (SSSR count). The number of carbonyl (C=O) groups is 2. The molecule has 1 aromatic carbocycles. The highest BCUT2D eigenvalue weighted by atomic mass is 16.4. The number of carboxylic acids is 1. The van der Waals surface area contributed by atoms with Crippen LogP contribution in [-0.2, 0) is 11.2 Å². The van der Waals surface area contributed by atoms with Gasteiger partial charge in [0, 0.05) is 5.69 Å². The standard InChI is InChI=1S/C16H20N4O3/c1-5-12-8-6-7-9(2)13(12)17-15(21)11(4)20-10(3)14(16(22)23)18-19-20/h6-8,11H,5H2,1-4H3,(H,17,21)(H,22,23). The van der Waals surface area contributed by atoms with Crippen LogP contribution >= 0.6 is 0 Å². The van der Waals surface area contributed by atoms with Crippen LogP contribution in [0.3, 0.4) is 0 Å². The van der Waals surface area contributed by atoms with E-state index < -0.39 is 12.0 Å². The third-order valence-corrected chi connectivity index (χ3v) is 3.86. The van der Waals surface area contributed by atoms with Gasteiger partial charge in [-0.25, -0.2) is 9.48 Å². The van der Waals surface area contributed by atoms with Crippen molar-refractivity contribution in [2.24, 2.45) is 0 Å². The van der Waals surface area contributed by atoms with E-state index in [-0.39, 0.29) is 11.6 Å². The minimum atomic E-state index is -1.16. The minimum Gasteiger partial charge on any atom is -0.476 e. The molecule has 2 N–H and O–H groups in total. The zero-order chi connectivity index (χ0) is 17.1. The van der Waals surface area contributed by atoms with Crippen molar-refractivity contribution in [3.8, 4) is 0 Å². The van der Waals surface area contributed by atoms with E-state index in [1.165, 1.54) is 4.68 Å². The highest BCUT2D eigenvalue weighted by Gasteiger charge is 2.23. The molecule has 23 heavy (non-hydrogen) atoms. The van der Waals surface area contributed by atoms with Crippen molar-refractivity contribution in [2.45, 2.75) is 40.2 Å². The number of anilines is 1. The predicted molar refractivity (Wildman–Crippen MR) is 85.6 cm³/mol. The van der Waals surface area contributed by atoms with E-state index in [4.69, 9.17) is 5.11 Å². The van der Waals surface area contributed by atoms with Gasteiger partial charge in [0.1, 0.15) is 6.04 Å². The summed E-state index contributed by atoms with van der Waals surface area (Å²) in [4.78, 5) is 23.5. The molecule has 0 aliphatic carbocycles. The van der Waals surface area contributed by atoms with Gasteiger partial charge in [0.25, 0.3) is 0 Å². The van der Waals surface area contributed by atoms with Crippen molar-refractivity contribution < 1.29 is 14.7 Å². The van der Waals surface area contributed by atoms with Gasteiger partial charge in [-0.1, -0.05) is 30.3 Å². The monoisotopic (exact) mass is 316 g/mol. The molecule has 1 aromatic heterocycles. The lowest BCUT2D eigenvalue weighted by Gasteiger charge is -2.17. The summed E-state index contributed by atoms with van der Waals surface area (Å²) in [6.45, 7) is 7.20. The van der Waals surface area contributed by atoms with E-state index >= 15 is 0 Å². The Morgan fingerprint density at radius 2 is 2.04 bits per heavy atom. The van der Waals surface area contributed by atoms with Gasteiger partial charge in [-0.05, 0) is 38.3 Å². The number of rotatable bonds is 5. The van der Waals surface area contributed by atoms with Crippen LogP contribution in [0.5, 0.6) is 0 Å². The number of hydrogen-bond donors (Lipinski definition) is 2. The summed E-state index contributed by atoms with van der Waals surface area (Å²) in [5, 5.41) is 19.3. The molecule has 7 nitrogen and oxygen atoms in total. The van der Waals surface area contributed by atoms with Crippen molar-refractivity contribution in [2.75, 3.05) is 5.32 Å². The number of benzene rings is 1. The first-order valence-corrected chi connectivity index (χ1v) is 7.41. The number of amides is 1. The van der Waals surface area contributed by atoms with Crippen molar-refractivity contribution in [1.82, 2.24) is 15.0 Å². The third kappa shape index (κ3) is 3.23. The fourth-order valence-corrected chi connectivity index (χ4v) is 2.45. The van der Waals surface area contributed by atoms with E-state index in [1.807, 2.05) is 32.0 Å². The van der Waals surface area contributed by atoms with Gasteiger partial charge in [0.2, 0.25) is 5.91 Å². The summed E-state index contributed by atoms with van der Waals surface area (Å²) in [5.41, 5.74) is 3.03. The van der Waals surface area contributed by atoms with Gasteiger partial charge in [0.05, 0.1) is 5.69 Å². The molecular weight excluding hydrogens is 296 g/mol. The zero-order valence-electron chi connectivity index (χ0n) is 13.6. The average Bonchev–Trinajstić information content (AvgIpc) is 2.90. The summed E-state index contributed by atoms with van der Waals surface area (Å²) in [6.07, 6.45) is 0.803. The van der Waals surface area contributed by atoms with Crippen molar-refractivity contribution >= 4 is 17.6 Å². The Labute approximate surface area is 134 Å². The molecule has 0 spiro atoms. The molecule has 0 bridgehead atoms. The first kappa shape index (κ1) is 16.7. The van der Waals surface area contributed by atoms with E-state index in [1.54, 1.807) is 13.8 Å². The predicted octanol–water partition coefficient (Wildman–Crippen LogP) is 2.36. The zero-order valence-corrected chi connectivity index (χ0v) is 13.6. The number of aromatic carboxylic acids is 1. The van der Waals surface area contributed by atoms with Crippen LogP contribution in [0.2, 0.25) is 0 Å². The second kappa shape index (κ2) is 6.60. The maximum Gasteiger partial charge on any atom is 0.358 e. The van der Waals surface area contributed by atoms with Crippen LogP contribution < -0.4 is 5.32 Å². The molecule has 0 saturated carbocycles. The lowest BCUT2D eigenvalue weighted by Crippen LogP contribution is -2.26. The van der Waals surface area contributed by atoms with Crippen molar-refractivity contribution in [3.05, 3.63) is 40.7 Å². The molecule has 2 aromatic rings. The lowest BCUT2D eigenvalue weighted by atomic mass is 10.1. The number of aryl methyl sites for hydroxylation is 2. The second-order valence-corrected chi connectivity index (χ2v) is 5.40. The van der Waals surface area contributed by atoms with Crippen LogP contribution in [0.4, 0.5) is 5.69 Å². The maximum atomic E-state index is 12.5. The van der Waals surface area contributed by atoms with Gasteiger partial charge in [0.15, 0.2) is 5.69 Å². The van der Waals surface area contributed by atoms with E-state index in [2.05, 4.69) is 15.6 Å². The van der Waals surface area contributed by atoms with Crippen LogP contribution in [-0.4, -0.2) is 32.0 Å². The first-order valence-electron chi connectivity index (χ1n) is 7.41. The summed E-state index contributed by atoms with van der Waals surface area (Å²) < 4.78 is 1.32. The molecule has 0 saturated heterocycles. The quantitative estimate of drug-likeness (QED) is 0.882. The average molecular weight is 316 g/mol. The molecule has 1 unspecified atom stereocenters. The molecule has 0 radical (unpaired) electrons. The lowest BCUT2D eigenvalue weighted by molar-refractivity contribution is -0.119. The smallest absolute Gasteiger partial charge is 0.358 e. The highest BCUT2D eigenvalue weighted by molar-refractivity contribution is 5.95. The van der Waals surface area contributed by atoms with Crippen molar-refractivity contribution in [3.63, 3.8) is 0 Å². The molecule has 1 heterocycles. The largest absolute Gasteiger partial charge is 0.476 e. The number of hydrogen-bond acceptors (Lipinski definition) is 4. The molecule has 0 aliphatic heterocycles. The highest BCUT2D eigenvalue weighted by Crippen LogP contribution is 2.22. The third-order valence-electron chi connectivity index (χ3n) is 3.86. The Morgan fingerprint density at radius 1 is 1.35 bits per heavy atom. The van der Waals surface area contributed by atoms with Crippen LogP contribution in [0.25, 0.3) is 0 Å². The van der Waals surface area contributed by atoms with Gasteiger partial charge >= 0.3 is 5.97 Å². The van der Waals surface area contributed by atoms with E-state index in [9.17, 15) is 9.59 Å². The molecule has 122 valence electrons. The summed E-state index contributed by atoms with van der Waals surface area (Å²) in [5.74, 6) is -1.42. The van der Waals surface area contributed by atoms with Gasteiger partial charge < -0.3 is 10.4 Å². The number of carbonyl (C=O) groups excluding carboxylic acids is 1. The number of carboxylic acid groups (broad SMARTS) is 1. The SMILES string of the molecule is CCc1cccc(C)c1NC(=O)C(C)n1nnc(C(=O)O)c1C. The summed E-state index contributed by atoms with van der Waals surface area (Å²) >= 11 is 0. The molecule has 0 aliphatic rings. The molecule has 7 heteroatoms. The van der Waals surface area contributed by atoms with Gasteiger partial charge in [-0.2, -0.15) is 0 Å². The van der Waals surface area contributed by atoms with Crippen LogP contribution in [0, 0.1) is 13.8 Å². The maximum absolute atomic E-state index is 12.5. The Bertz CT molecular complexity index is 752. The van der Waals surface area contributed by atoms with E-state index in [0.29, 0.717) is 5.69 Å².